The summed E-state index contributed by atoms with van der Waals surface area (Å²) in [5, 5.41) is 4.35. The zero-order valence-electron chi connectivity index (χ0n) is 12.8. The van der Waals surface area contributed by atoms with Crippen molar-refractivity contribution in [1.29, 1.82) is 0 Å². The van der Waals surface area contributed by atoms with Crippen molar-refractivity contribution in [1.82, 2.24) is 14.7 Å². The first-order valence-electron chi connectivity index (χ1n) is 7.25. The monoisotopic (exact) mass is 323 g/mol. The largest absolute Gasteiger partial charge is 0.416 e. The van der Waals surface area contributed by atoms with E-state index in [4.69, 9.17) is 0 Å². The first-order chi connectivity index (χ1) is 10.8. The van der Waals surface area contributed by atoms with Crippen LogP contribution in [-0.2, 0) is 26.2 Å². The fraction of sp³-hybridized carbons (Fsp3) is 0.375. The number of carbonyl (C=O) groups is 1. The van der Waals surface area contributed by atoms with Crippen LogP contribution in [0, 0.1) is 6.92 Å². The average molecular weight is 323 g/mol. The van der Waals surface area contributed by atoms with Crippen LogP contribution in [0.4, 0.5) is 13.2 Å². The Morgan fingerprint density at radius 3 is 2.48 bits per heavy atom. The molecule has 1 aliphatic heterocycles. The number of nitrogens with zero attached hydrogens (tertiary/aromatic N) is 3. The zero-order valence-corrected chi connectivity index (χ0v) is 12.8. The van der Waals surface area contributed by atoms with Gasteiger partial charge in [0.05, 0.1) is 23.5 Å². The summed E-state index contributed by atoms with van der Waals surface area (Å²) < 4.78 is 39.5. The lowest BCUT2D eigenvalue weighted by molar-refractivity contribution is -0.137. The second-order valence-electron chi connectivity index (χ2n) is 5.69. The van der Waals surface area contributed by atoms with Gasteiger partial charge in [-0.2, -0.15) is 18.3 Å². The quantitative estimate of drug-likeness (QED) is 0.809. The maximum atomic E-state index is 12.6. The van der Waals surface area contributed by atoms with E-state index in [2.05, 4.69) is 5.10 Å². The second kappa shape index (κ2) is 5.40. The van der Waals surface area contributed by atoms with E-state index < -0.39 is 11.7 Å². The number of hydrogen-bond acceptors (Lipinski definition) is 2. The summed E-state index contributed by atoms with van der Waals surface area (Å²) in [5.74, 6) is -0.261. The zero-order chi connectivity index (χ0) is 16.8. The fourth-order valence-corrected chi connectivity index (χ4v) is 2.94. The molecule has 0 N–H and O–H groups in total. The molecule has 2 aromatic rings. The van der Waals surface area contributed by atoms with Crippen LogP contribution in [0.25, 0.3) is 0 Å². The molecule has 2 heterocycles. The molecule has 0 atom stereocenters. The Labute approximate surface area is 131 Å². The van der Waals surface area contributed by atoms with Crippen LogP contribution in [0.3, 0.4) is 0 Å². The van der Waals surface area contributed by atoms with E-state index in [1.807, 2.05) is 14.0 Å². The van der Waals surface area contributed by atoms with Crippen molar-refractivity contribution in [2.24, 2.45) is 7.05 Å². The van der Waals surface area contributed by atoms with Gasteiger partial charge >= 0.3 is 6.18 Å². The van der Waals surface area contributed by atoms with E-state index in [1.165, 1.54) is 12.1 Å². The molecule has 0 radical (unpaired) electrons. The Bertz CT molecular complexity index is 747. The van der Waals surface area contributed by atoms with Gasteiger partial charge in [-0.1, -0.05) is 0 Å². The van der Waals surface area contributed by atoms with Crippen molar-refractivity contribution < 1.29 is 18.0 Å². The van der Waals surface area contributed by atoms with Crippen LogP contribution in [0.1, 0.15) is 32.9 Å². The SMILES string of the molecule is Cc1nn(C)c2c1CCN(C(=O)c1ccc(C(F)(F)F)cc1)C2. The highest BCUT2D eigenvalue weighted by molar-refractivity contribution is 5.94. The molecular formula is C16H16F3N3O. The van der Waals surface area contributed by atoms with Crippen molar-refractivity contribution in [2.45, 2.75) is 26.1 Å². The topological polar surface area (TPSA) is 38.1 Å². The second-order valence-corrected chi connectivity index (χ2v) is 5.69. The van der Waals surface area contributed by atoms with Crippen molar-refractivity contribution in [3.8, 4) is 0 Å². The van der Waals surface area contributed by atoms with E-state index in [0.29, 0.717) is 19.5 Å². The molecule has 1 aromatic carbocycles. The molecule has 0 bridgehead atoms. The van der Waals surface area contributed by atoms with E-state index in [9.17, 15) is 18.0 Å². The van der Waals surface area contributed by atoms with Crippen LogP contribution in [-0.4, -0.2) is 27.1 Å². The molecular weight excluding hydrogens is 307 g/mol. The first kappa shape index (κ1) is 15.6. The van der Waals surface area contributed by atoms with Gasteiger partial charge in [0.2, 0.25) is 0 Å². The molecule has 122 valence electrons. The molecule has 4 nitrogen and oxygen atoms in total. The number of rotatable bonds is 1. The highest BCUT2D eigenvalue weighted by Crippen LogP contribution is 2.29. The van der Waals surface area contributed by atoms with E-state index in [1.54, 1.807) is 9.58 Å². The maximum absolute atomic E-state index is 12.6. The first-order valence-corrected chi connectivity index (χ1v) is 7.25. The lowest BCUT2D eigenvalue weighted by Gasteiger charge is -2.27. The van der Waals surface area contributed by atoms with E-state index in [0.717, 1.165) is 29.1 Å². The average Bonchev–Trinajstić information content (AvgIpc) is 2.80. The lowest BCUT2D eigenvalue weighted by Crippen LogP contribution is -2.36. The molecule has 0 fully saturated rings. The van der Waals surface area contributed by atoms with Gasteiger partial charge in [-0.05, 0) is 43.2 Å². The molecule has 0 saturated carbocycles. The normalized spacial score (nSPS) is 14.7. The molecule has 1 aromatic heterocycles. The summed E-state index contributed by atoms with van der Waals surface area (Å²) >= 11 is 0. The number of aromatic nitrogens is 2. The highest BCUT2D eigenvalue weighted by atomic mass is 19.4. The molecule has 1 amide bonds. The van der Waals surface area contributed by atoms with Crippen LogP contribution < -0.4 is 0 Å². The third kappa shape index (κ3) is 2.83. The number of fused-ring (bicyclic) bond motifs is 1. The van der Waals surface area contributed by atoms with Crippen molar-refractivity contribution in [2.75, 3.05) is 6.54 Å². The minimum atomic E-state index is -4.39. The van der Waals surface area contributed by atoms with Crippen molar-refractivity contribution in [3.05, 3.63) is 52.3 Å². The molecule has 1 aliphatic rings. The number of benzene rings is 1. The van der Waals surface area contributed by atoms with Gasteiger partial charge in [-0.25, -0.2) is 0 Å². The third-order valence-corrected chi connectivity index (χ3v) is 4.19. The van der Waals surface area contributed by atoms with E-state index in [-0.39, 0.29) is 11.5 Å². The smallest absolute Gasteiger partial charge is 0.332 e. The summed E-state index contributed by atoms with van der Waals surface area (Å²) in [7, 11) is 1.83. The maximum Gasteiger partial charge on any atom is 0.416 e. The summed E-state index contributed by atoms with van der Waals surface area (Å²) in [4.78, 5) is 14.1. The molecule has 0 saturated heterocycles. The van der Waals surface area contributed by atoms with Crippen molar-refractivity contribution in [3.63, 3.8) is 0 Å². The summed E-state index contributed by atoms with van der Waals surface area (Å²) in [6.45, 7) is 2.90. The predicted octanol–water partition coefficient (Wildman–Crippen LogP) is 2.95. The van der Waals surface area contributed by atoms with Crippen molar-refractivity contribution >= 4 is 5.91 Å². The van der Waals surface area contributed by atoms with Gasteiger partial charge in [0, 0.05) is 19.2 Å². The van der Waals surface area contributed by atoms with Gasteiger partial charge in [0.25, 0.3) is 5.91 Å². The van der Waals surface area contributed by atoms with Crippen LogP contribution in [0.15, 0.2) is 24.3 Å². The van der Waals surface area contributed by atoms with Gasteiger partial charge in [-0.3, -0.25) is 9.48 Å². The molecule has 23 heavy (non-hydrogen) atoms. The summed E-state index contributed by atoms with van der Waals surface area (Å²) in [6, 6.07) is 4.35. The Balaban J connectivity index is 1.80. The summed E-state index contributed by atoms with van der Waals surface area (Å²) in [6.07, 6.45) is -3.69. The van der Waals surface area contributed by atoms with Gasteiger partial charge < -0.3 is 4.90 Å². The van der Waals surface area contributed by atoms with Gasteiger partial charge in [0.1, 0.15) is 0 Å². The van der Waals surface area contributed by atoms with Crippen LogP contribution in [0.2, 0.25) is 0 Å². The minimum absolute atomic E-state index is 0.261. The van der Waals surface area contributed by atoms with Gasteiger partial charge in [0.15, 0.2) is 0 Å². The Morgan fingerprint density at radius 2 is 1.87 bits per heavy atom. The Morgan fingerprint density at radius 1 is 1.22 bits per heavy atom. The third-order valence-electron chi connectivity index (χ3n) is 4.19. The number of hydrogen-bond donors (Lipinski definition) is 0. The molecule has 0 unspecified atom stereocenters. The Kier molecular flexibility index (Phi) is 3.66. The lowest BCUT2D eigenvalue weighted by atomic mass is 10.0. The number of halogens is 3. The standard InChI is InChI=1S/C16H16F3N3O/c1-10-13-7-8-22(9-14(13)21(2)20-10)15(23)11-3-5-12(6-4-11)16(17,18)19/h3-6H,7-9H2,1-2H3. The Hall–Kier alpha value is -2.31. The minimum Gasteiger partial charge on any atom is -0.332 e. The fourth-order valence-electron chi connectivity index (χ4n) is 2.94. The molecule has 3 rings (SSSR count). The number of alkyl halides is 3. The molecule has 0 spiro atoms. The molecule has 0 aliphatic carbocycles. The predicted molar refractivity (Wildman–Crippen MR) is 77.8 cm³/mol. The number of carbonyl (C=O) groups excluding carboxylic acids is 1. The van der Waals surface area contributed by atoms with Crippen LogP contribution in [0.5, 0.6) is 0 Å². The highest BCUT2D eigenvalue weighted by Gasteiger charge is 2.31. The molecule has 7 heteroatoms. The number of amides is 1. The van der Waals surface area contributed by atoms with Gasteiger partial charge in [-0.15, -0.1) is 0 Å². The van der Waals surface area contributed by atoms with E-state index >= 15 is 0 Å². The van der Waals surface area contributed by atoms with Crippen LogP contribution >= 0.6 is 0 Å². The number of aryl methyl sites for hydroxylation is 2. The summed E-state index contributed by atoms with van der Waals surface area (Å²) in [5.41, 5.74) is 2.61.